The number of rotatable bonds is 4. The van der Waals surface area contributed by atoms with Gasteiger partial charge in [0.25, 0.3) is 0 Å². The summed E-state index contributed by atoms with van der Waals surface area (Å²) in [6.45, 7) is 2.81. The van der Waals surface area contributed by atoms with E-state index in [9.17, 15) is 0 Å². The highest BCUT2D eigenvalue weighted by Crippen LogP contribution is 1.82. The van der Waals surface area contributed by atoms with E-state index in [1.165, 1.54) is 0 Å². The number of aromatic nitrogens is 4. The third kappa shape index (κ3) is 2.79. The Balaban J connectivity index is 2.14. The smallest absolute Gasteiger partial charge is 0.150 e. The van der Waals surface area contributed by atoms with Gasteiger partial charge >= 0.3 is 0 Å². The van der Waals surface area contributed by atoms with Crippen LogP contribution in [-0.4, -0.2) is 27.2 Å². The molecule has 5 heteroatoms. The highest BCUT2D eigenvalue weighted by atomic mass is 15.5. The molecule has 0 saturated heterocycles. The number of allylic oxidation sites excluding steroid dienone is 1. The van der Waals surface area contributed by atoms with Crippen LogP contribution in [0.4, 0.5) is 0 Å². The molecule has 0 spiro atoms. The van der Waals surface area contributed by atoms with Gasteiger partial charge in [0, 0.05) is 13.0 Å². The van der Waals surface area contributed by atoms with Crippen molar-refractivity contribution in [3.8, 4) is 0 Å². The van der Waals surface area contributed by atoms with E-state index < -0.39 is 0 Å². The average molecular weight is 153 g/mol. The number of tetrazole rings is 1. The topological polar surface area (TPSA) is 66.5 Å². The Morgan fingerprint density at radius 1 is 1.64 bits per heavy atom. The van der Waals surface area contributed by atoms with Crippen LogP contribution in [0.2, 0.25) is 0 Å². The van der Waals surface area contributed by atoms with Gasteiger partial charge in [0.05, 0.1) is 0 Å². The summed E-state index contributed by atoms with van der Waals surface area (Å²) in [6.07, 6.45) is 4.65. The van der Waals surface area contributed by atoms with Crippen LogP contribution >= 0.6 is 0 Å². The Morgan fingerprint density at radius 2 is 2.55 bits per heavy atom. The van der Waals surface area contributed by atoms with Crippen molar-refractivity contribution in [3.63, 3.8) is 0 Å². The van der Waals surface area contributed by atoms with Crippen LogP contribution in [-0.2, 0) is 6.42 Å². The predicted molar refractivity (Wildman–Crippen MR) is 40.7 cm³/mol. The van der Waals surface area contributed by atoms with Crippen molar-refractivity contribution >= 4 is 0 Å². The van der Waals surface area contributed by atoms with Crippen LogP contribution in [0.5, 0.6) is 0 Å². The van der Waals surface area contributed by atoms with E-state index in [-0.39, 0.29) is 0 Å². The zero-order valence-corrected chi connectivity index (χ0v) is 6.41. The van der Waals surface area contributed by atoms with E-state index >= 15 is 0 Å². The van der Waals surface area contributed by atoms with E-state index in [1.807, 2.05) is 19.2 Å². The summed E-state index contributed by atoms with van der Waals surface area (Å²) in [7, 11) is 0. The van der Waals surface area contributed by atoms with Crippen molar-refractivity contribution in [1.82, 2.24) is 25.9 Å². The van der Waals surface area contributed by atoms with Gasteiger partial charge in [-0.2, -0.15) is 0 Å². The van der Waals surface area contributed by atoms with Gasteiger partial charge in [-0.1, -0.05) is 6.08 Å². The van der Waals surface area contributed by atoms with Crippen LogP contribution in [0.25, 0.3) is 0 Å². The summed E-state index contributed by atoms with van der Waals surface area (Å²) in [4.78, 5) is 0. The van der Waals surface area contributed by atoms with Crippen LogP contribution in [0.15, 0.2) is 12.3 Å². The number of nitrogens with zero attached hydrogens (tertiary/aromatic N) is 3. The Bertz CT molecular complexity index is 203. The molecule has 0 aliphatic heterocycles. The first-order chi connectivity index (χ1) is 5.43. The molecule has 0 aliphatic carbocycles. The fourth-order valence-electron chi connectivity index (χ4n) is 0.676. The molecule has 0 aliphatic rings. The van der Waals surface area contributed by atoms with Crippen molar-refractivity contribution in [2.75, 3.05) is 6.54 Å². The first kappa shape index (κ1) is 7.71. The molecule has 0 aromatic carbocycles. The molecule has 1 aromatic heterocycles. The summed E-state index contributed by atoms with van der Waals surface area (Å²) in [5.74, 6) is 0.807. The van der Waals surface area contributed by atoms with Gasteiger partial charge in [0.1, 0.15) is 5.82 Å². The molecule has 0 unspecified atom stereocenters. The monoisotopic (exact) mass is 153 g/mol. The predicted octanol–water partition coefficient (Wildman–Crippen LogP) is -0.135. The van der Waals surface area contributed by atoms with Crippen LogP contribution < -0.4 is 5.32 Å². The van der Waals surface area contributed by atoms with Crippen LogP contribution in [0.1, 0.15) is 12.7 Å². The molecular formula is C6H11N5. The van der Waals surface area contributed by atoms with E-state index in [4.69, 9.17) is 0 Å². The summed E-state index contributed by atoms with van der Waals surface area (Å²) < 4.78 is 0. The maximum atomic E-state index is 3.73. The zero-order chi connectivity index (χ0) is 7.94. The Hall–Kier alpha value is -1.39. The quantitative estimate of drug-likeness (QED) is 0.591. The molecule has 1 rings (SSSR count). The molecule has 1 aromatic rings. The second-order valence-electron chi connectivity index (χ2n) is 2.05. The standard InChI is InChI=1S/C6H11N5/c1-2-4-7-5-3-6-8-10-11-9-6/h2,4,7H,3,5H2,1H3,(H,8,9,10,11). The summed E-state index contributed by atoms with van der Waals surface area (Å²) in [5, 5.41) is 16.4. The Kier molecular flexibility index (Phi) is 3.11. The highest BCUT2D eigenvalue weighted by molar-refractivity contribution is 4.80. The fourth-order valence-corrected chi connectivity index (χ4v) is 0.676. The Morgan fingerprint density at radius 3 is 3.18 bits per heavy atom. The van der Waals surface area contributed by atoms with Crippen molar-refractivity contribution < 1.29 is 0 Å². The molecule has 0 amide bonds. The lowest BCUT2D eigenvalue weighted by Crippen LogP contribution is -2.10. The van der Waals surface area contributed by atoms with Gasteiger partial charge in [-0.25, -0.2) is 5.10 Å². The van der Waals surface area contributed by atoms with Crippen molar-refractivity contribution in [3.05, 3.63) is 18.1 Å². The van der Waals surface area contributed by atoms with Crippen molar-refractivity contribution in [2.45, 2.75) is 13.3 Å². The van der Waals surface area contributed by atoms with Gasteiger partial charge < -0.3 is 5.32 Å². The molecule has 11 heavy (non-hydrogen) atoms. The maximum absolute atomic E-state index is 3.73. The van der Waals surface area contributed by atoms with Gasteiger partial charge in [0.2, 0.25) is 0 Å². The minimum Gasteiger partial charge on any atom is -0.391 e. The lowest BCUT2D eigenvalue weighted by molar-refractivity contribution is 0.787. The fraction of sp³-hybridized carbons (Fsp3) is 0.500. The SMILES string of the molecule is CC=CNCCc1nnn[nH]1. The first-order valence-electron chi connectivity index (χ1n) is 3.50. The van der Waals surface area contributed by atoms with Crippen LogP contribution in [0, 0.1) is 0 Å². The Labute approximate surface area is 64.9 Å². The van der Waals surface area contributed by atoms with E-state index in [2.05, 4.69) is 25.9 Å². The lowest BCUT2D eigenvalue weighted by atomic mass is 10.4. The molecule has 2 N–H and O–H groups in total. The third-order valence-corrected chi connectivity index (χ3v) is 1.18. The van der Waals surface area contributed by atoms with Gasteiger partial charge in [-0.05, 0) is 23.6 Å². The summed E-state index contributed by atoms with van der Waals surface area (Å²) in [6, 6.07) is 0. The van der Waals surface area contributed by atoms with E-state index in [0.717, 1.165) is 18.8 Å². The minimum absolute atomic E-state index is 0.807. The molecular weight excluding hydrogens is 142 g/mol. The number of H-pyrrole nitrogens is 1. The second-order valence-corrected chi connectivity index (χ2v) is 2.05. The second kappa shape index (κ2) is 4.43. The number of nitrogens with one attached hydrogen (secondary N) is 2. The van der Waals surface area contributed by atoms with E-state index in [0.29, 0.717) is 0 Å². The molecule has 0 fully saturated rings. The normalized spacial score (nSPS) is 10.6. The molecule has 0 atom stereocenters. The van der Waals surface area contributed by atoms with Crippen LogP contribution in [0.3, 0.4) is 0 Å². The van der Waals surface area contributed by atoms with Gasteiger partial charge in [0.15, 0.2) is 0 Å². The molecule has 0 radical (unpaired) electrons. The summed E-state index contributed by atoms with van der Waals surface area (Å²) >= 11 is 0. The first-order valence-corrected chi connectivity index (χ1v) is 3.50. The lowest BCUT2D eigenvalue weighted by Gasteiger charge is -1.94. The molecule has 5 nitrogen and oxygen atoms in total. The number of aromatic amines is 1. The number of hydrogen-bond acceptors (Lipinski definition) is 4. The molecule has 0 saturated carbocycles. The van der Waals surface area contributed by atoms with Crippen molar-refractivity contribution in [1.29, 1.82) is 0 Å². The summed E-state index contributed by atoms with van der Waals surface area (Å²) in [5.41, 5.74) is 0. The zero-order valence-electron chi connectivity index (χ0n) is 6.41. The van der Waals surface area contributed by atoms with Gasteiger partial charge in [-0.3, -0.25) is 0 Å². The molecule has 0 bridgehead atoms. The number of hydrogen-bond donors (Lipinski definition) is 2. The molecule has 60 valence electrons. The average Bonchev–Trinajstić information content (AvgIpc) is 2.50. The van der Waals surface area contributed by atoms with Crippen molar-refractivity contribution in [2.24, 2.45) is 0 Å². The minimum atomic E-state index is 0.807. The van der Waals surface area contributed by atoms with Gasteiger partial charge in [-0.15, -0.1) is 5.10 Å². The largest absolute Gasteiger partial charge is 0.391 e. The van der Waals surface area contributed by atoms with E-state index in [1.54, 1.807) is 0 Å². The third-order valence-electron chi connectivity index (χ3n) is 1.18. The highest BCUT2D eigenvalue weighted by Gasteiger charge is 1.92. The molecule has 1 heterocycles. The maximum Gasteiger partial charge on any atom is 0.150 e.